The summed E-state index contributed by atoms with van der Waals surface area (Å²) >= 11 is 0. The number of aromatic nitrogens is 2. The molecule has 1 fully saturated rings. The SMILES string of the molecule is CC(=O)N1CCC(c2cc(CN(C)C)n(CCNS(=O)(=O)c3ccc(C)cc3)n2)CC1. The summed E-state index contributed by atoms with van der Waals surface area (Å²) in [7, 11) is 0.455. The Morgan fingerprint density at radius 2 is 1.84 bits per heavy atom. The Balaban J connectivity index is 1.67. The van der Waals surface area contributed by atoms with Gasteiger partial charge >= 0.3 is 0 Å². The molecule has 1 aromatic carbocycles. The zero-order chi connectivity index (χ0) is 22.6. The number of nitrogens with zero attached hydrogens (tertiary/aromatic N) is 4. The zero-order valence-corrected chi connectivity index (χ0v) is 19.7. The number of sulfonamides is 1. The molecular formula is C22H33N5O3S. The molecule has 0 spiro atoms. The normalized spacial score (nSPS) is 15.6. The Labute approximate surface area is 185 Å². The van der Waals surface area contributed by atoms with Gasteiger partial charge in [-0.1, -0.05) is 17.7 Å². The molecule has 1 aromatic heterocycles. The highest BCUT2D eigenvalue weighted by molar-refractivity contribution is 7.89. The summed E-state index contributed by atoms with van der Waals surface area (Å²) in [5.41, 5.74) is 3.11. The molecule has 2 aromatic rings. The van der Waals surface area contributed by atoms with Crippen LogP contribution in [0.2, 0.25) is 0 Å². The summed E-state index contributed by atoms with van der Waals surface area (Å²) in [5.74, 6) is 0.445. The van der Waals surface area contributed by atoms with Crippen molar-refractivity contribution in [2.24, 2.45) is 0 Å². The lowest BCUT2D eigenvalue weighted by atomic mass is 9.93. The summed E-state index contributed by atoms with van der Waals surface area (Å²) < 4.78 is 29.7. The van der Waals surface area contributed by atoms with Crippen molar-refractivity contribution in [1.82, 2.24) is 24.3 Å². The molecule has 1 aliphatic heterocycles. The second kappa shape index (κ2) is 9.93. The Morgan fingerprint density at radius 3 is 2.42 bits per heavy atom. The van der Waals surface area contributed by atoms with E-state index >= 15 is 0 Å². The van der Waals surface area contributed by atoms with Crippen LogP contribution >= 0.6 is 0 Å². The molecule has 3 rings (SSSR count). The standard InChI is InChI=1S/C22H33N5O3S/c1-17-5-7-21(8-6-17)31(29,30)23-11-14-27-20(16-25(3)4)15-22(24-27)19-9-12-26(13-10-19)18(2)28/h5-8,15,19,23H,9-14,16H2,1-4H3. The first-order chi connectivity index (χ1) is 14.7. The quantitative estimate of drug-likeness (QED) is 0.668. The maximum Gasteiger partial charge on any atom is 0.240 e. The van der Waals surface area contributed by atoms with Gasteiger partial charge in [0, 0.05) is 39.0 Å². The lowest BCUT2D eigenvalue weighted by molar-refractivity contribution is -0.129. The Hall–Kier alpha value is -2.23. The van der Waals surface area contributed by atoms with Gasteiger partial charge in [0.05, 0.1) is 22.8 Å². The number of rotatable bonds is 8. The molecule has 0 unspecified atom stereocenters. The molecule has 9 heteroatoms. The van der Waals surface area contributed by atoms with E-state index in [0.29, 0.717) is 12.5 Å². The van der Waals surface area contributed by atoms with E-state index < -0.39 is 10.0 Å². The van der Waals surface area contributed by atoms with Crippen LogP contribution in [0.5, 0.6) is 0 Å². The van der Waals surface area contributed by atoms with E-state index in [9.17, 15) is 13.2 Å². The molecular weight excluding hydrogens is 414 g/mol. The largest absolute Gasteiger partial charge is 0.343 e. The number of amides is 1. The molecule has 1 aliphatic rings. The van der Waals surface area contributed by atoms with Crippen LogP contribution < -0.4 is 4.72 Å². The van der Waals surface area contributed by atoms with Gasteiger partial charge < -0.3 is 9.80 Å². The zero-order valence-electron chi connectivity index (χ0n) is 18.8. The Morgan fingerprint density at radius 1 is 1.19 bits per heavy atom. The van der Waals surface area contributed by atoms with Crippen molar-refractivity contribution < 1.29 is 13.2 Å². The van der Waals surface area contributed by atoms with Crippen LogP contribution in [0.25, 0.3) is 0 Å². The van der Waals surface area contributed by atoms with Gasteiger partial charge in [-0.15, -0.1) is 0 Å². The van der Waals surface area contributed by atoms with Crippen molar-refractivity contribution >= 4 is 15.9 Å². The van der Waals surface area contributed by atoms with Gasteiger partial charge in [-0.2, -0.15) is 5.10 Å². The minimum absolute atomic E-state index is 0.123. The number of benzene rings is 1. The molecule has 0 saturated carbocycles. The van der Waals surface area contributed by atoms with Crippen LogP contribution in [0.3, 0.4) is 0 Å². The summed E-state index contributed by atoms with van der Waals surface area (Å²) in [4.78, 5) is 15.8. The van der Waals surface area contributed by atoms with E-state index in [0.717, 1.165) is 49.4 Å². The fourth-order valence-corrected chi connectivity index (χ4v) is 4.92. The lowest BCUT2D eigenvalue weighted by Crippen LogP contribution is -2.36. The lowest BCUT2D eigenvalue weighted by Gasteiger charge is -2.30. The average molecular weight is 448 g/mol. The predicted octanol–water partition coefficient (Wildman–Crippen LogP) is 1.96. The first-order valence-electron chi connectivity index (χ1n) is 10.7. The summed E-state index contributed by atoms with van der Waals surface area (Å²) in [6.45, 7) is 6.50. The second-order valence-electron chi connectivity index (χ2n) is 8.51. The number of carbonyl (C=O) groups is 1. The van der Waals surface area contributed by atoms with E-state index in [2.05, 4.69) is 15.7 Å². The van der Waals surface area contributed by atoms with Crippen molar-refractivity contribution in [3.63, 3.8) is 0 Å². The number of likely N-dealkylation sites (tertiary alicyclic amines) is 1. The summed E-state index contributed by atoms with van der Waals surface area (Å²) in [6.07, 6.45) is 1.80. The van der Waals surface area contributed by atoms with Gasteiger partial charge in [-0.3, -0.25) is 9.48 Å². The van der Waals surface area contributed by atoms with E-state index in [-0.39, 0.29) is 17.3 Å². The van der Waals surface area contributed by atoms with Crippen molar-refractivity contribution in [2.75, 3.05) is 33.7 Å². The van der Waals surface area contributed by atoms with E-state index in [1.165, 1.54) is 0 Å². The van der Waals surface area contributed by atoms with Gasteiger partial charge in [-0.05, 0) is 52.1 Å². The van der Waals surface area contributed by atoms with Crippen LogP contribution in [-0.4, -0.2) is 67.6 Å². The van der Waals surface area contributed by atoms with Crippen LogP contribution in [0.15, 0.2) is 35.2 Å². The number of piperidine rings is 1. The van der Waals surface area contributed by atoms with Crippen LogP contribution in [0.4, 0.5) is 0 Å². The highest BCUT2D eigenvalue weighted by Gasteiger charge is 2.25. The topological polar surface area (TPSA) is 87.5 Å². The molecule has 0 radical (unpaired) electrons. The molecule has 1 saturated heterocycles. The number of hydrogen-bond acceptors (Lipinski definition) is 5. The van der Waals surface area contributed by atoms with E-state index in [4.69, 9.17) is 5.10 Å². The van der Waals surface area contributed by atoms with Gasteiger partial charge in [0.25, 0.3) is 0 Å². The van der Waals surface area contributed by atoms with Crippen molar-refractivity contribution in [3.8, 4) is 0 Å². The first kappa shape index (κ1) is 23.4. The third kappa shape index (κ3) is 6.15. The molecule has 31 heavy (non-hydrogen) atoms. The Bertz CT molecular complexity index is 991. The van der Waals surface area contributed by atoms with Crippen molar-refractivity contribution in [1.29, 1.82) is 0 Å². The molecule has 0 bridgehead atoms. The van der Waals surface area contributed by atoms with Crippen molar-refractivity contribution in [2.45, 2.75) is 50.6 Å². The van der Waals surface area contributed by atoms with E-state index in [1.54, 1.807) is 31.2 Å². The van der Waals surface area contributed by atoms with Crippen LogP contribution in [-0.2, 0) is 27.9 Å². The average Bonchev–Trinajstić information content (AvgIpc) is 3.10. The fourth-order valence-electron chi connectivity index (χ4n) is 3.90. The molecule has 8 nitrogen and oxygen atoms in total. The highest BCUT2D eigenvalue weighted by Crippen LogP contribution is 2.28. The highest BCUT2D eigenvalue weighted by atomic mass is 32.2. The number of aryl methyl sites for hydroxylation is 1. The summed E-state index contributed by atoms with van der Waals surface area (Å²) in [6, 6.07) is 8.95. The maximum atomic E-state index is 12.6. The third-order valence-electron chi connectivity index (χ3n) is 5.67. The smallest absolute Gasteiger partial charge is 0.240 e. The minimum Gasteiger partial charge on any atom is -0.343 e. The van der Waals surface area contributed by atoms with Gasteiger partial charge in [-0.25, -0.2) is 13.1 Å². The minimum atomic E-state index is -3.55. The Kier molecular flexibility index (Phi) is 7.51. The van der Waals surface area contributed by atoms with E-state index in [1.807, 2.05) is 30.6 Å². The molecule has 1 N–H and O–H groups in total. The van der Waals surface area contributed by atoms with Gasteiger partial charge in [0.2, 0.25) is 15.9 Å². The number of carbonyl (C=O) groups excluding carboxylic acids is 1. The molecule has 2 heterocycles. The first-order valence-corrected chi connectivity index (χ1v) is 12.2. The second-order valence-corrected chi connectivity index (χ2v) is 10.3. The van der Waals surface area contributed by atoms with Crippen LogP contribution in [0, 0.1) is 6.92 Å². The number of nitrogens with one attached hydrogen (secondary N) is 1. The molecule has 170 valence electrons. The predicted molar refractivity (Wildman–Crippen MR) is 120 cm³/mol. The third-order valence-corrected chi connectivity index (χ3v) is 7.14. The van der Waals surface area contributed by atoms with Crippen LogP contribution in [0.1, 0.15) is 42.6 Å². The molecule has 0 atom stereocenters. The fraction of sp³-hybridized carbons (Fsp3) is 0.545. The maximum absolute atomic E-state index is 12.6. The number of hydrogen-bond donors (Lipinski definition) is 1. The van der Waals surface area contributed by atoms with Gasteiger partial charge in [0.1, 0.15) is 0 Å². The monoisotopic (exact) mass is 447 g/mol. The molecule has 1 amide bonds. The molecule has 0 aliphatic carbocycles. The van der Waals surface area contributed by atoms with Gasteiger partial charge in [0.15, 0.2) is 0 Å². The summed E-state index contributed by atoms with van der Waals surface area (Å²) in [5, 5.41) is 4.81. The van der Waals surface area contributed by atoms with Crippen molar-refractivity contribution in [3.05, 3.63) is 47.3 Å².